The van der Waals surface area contributed by atoms with Crippen molar-refractivity contribution in [3.8, 4) is 0 Å². The van der Waals surface area contributed by atoms with Gasteiger partial charge in [0.25, 0.3) is 0 Å². The summed E-state index contributed by atoms with van der Waals surface area (Å²) in [5.74, 6) is 0. The second-order valence-corrected chi connectivity index (χ2v) is 16.3. The molecule has 1 nitrogen and oxygen atoms in total. The van der Waals surface area contributed by atoms with Crippen LogP contribution in [0, 0.1) is 0 Å². The second-order valence-electron chi connectivity index (χ2n) is 7.41. The molecular formula is C14H30NPTe. The van der Waals surface area contributed by atoms with Crippen LogP contribution in [0.15, 0.2) is 0 Å². The summed E-state index contributed by atoms with van der Waals surface area (Å²) in [5.41, 5.74) is 0. The van der Waals surface area contributed by atoms with Crippen molar-refractivity contribution in [3.63, 3.8) is 0 Å². The van der Waals surface area contributed by atoms with Crippen molar-refractivity contribution in [2.24, 2.45) is 0 Å². The normalized spacial score (nSPS) is 20.6. The van der Waals surface area contributed by atoms with Gasteiger partial charge in [0.05, 0.1) is 0 Å². The molecule has 0 unspecified atom stereocenters. The van der Waals surface area contributed by atoms with Crippen LogP contribution in [0.3, 0.4) is 0 Å². The summed E-state index contributed by atoms with van der Waals surface area (Å²) in [7, 11) is 0. The van der Waals surface area contributed by atoms with Crippen LogP contribution in [0.1, 0.15) is 73.6 Å². The first-order chi connectivity index (χ1) is 7.58. The molecule has 0 bridgehead atoms. The summed E-state index contributed by atoms with van der Waals surface area (Å²) < 4.78 is -1.15. The molecule has 0 heterocycles. The van der Waals surface area contributed by atoms with Crippen LogP contribution in [-0.2, 0) is 0 Å². The standard InChI is InChI=1S/C14H30NPTe/c1-13(2,3)16(17,14(4,5)6)15-12-10-8-7-9-11-12/h12H,7-11H2,1-6H3,(H,15,17). The molecule has 0 aromatic carbocycles. The Labute approximate surface area is 121 Å². The van der Waals surface area contributed by atoms with E-state index in [-0.39, 0.29) is 0 Å². The number of hydrogen-bond donors (Lipinski definition) is 1. The Morgan fingerprint density at radius 3 is 1.65 bits per heavy atom. The van der Waals surface area contributed by atoms with Crippen molar-refractivity contribution in [1.29, 1.82) is 0 Å². The summed E-state index contributed by atoms with van der Waals surface area (Å²) >= 11 is 2.44. The van der Waals surface area contributed by atoms with Gasteiger partial charge in [0.15, 0.2) is 0 Å². The molecular weight excluding hydrogens is 341 g/mol. The van der Waals surface area contributed by atoms with Gasteiger partial charge in [-0.25, -0.2) is 0 Å². The van der Waals surface area contributed by atoms with E-state index in [1.807, 2.05) is 0 Å². The Morgan fingerprint density at radius 1 is 0.882 bits per heavy atom. The molecule has 1 N–H and O–H groups in total. The van der Waals surface area contributed by atoms with Gasteiger partial charge in [0.1, 0.15) is 0 Å². The van der Waals surface area contributed by atoms with Crippen LogP contribution in [0.5, 0.6) is 0 Å². The fourth-order valence-electron chi connectivity index (χ4n) is 2.88. The van der Waals surface area contributed by atoms with Crippen LogP contribution in [0.4, 0.5) is 0 Å². The first-order valence-corrected chi connectivity index (χ1v) is 11.8. The van der Waals surface area contributed by atoms with Crippen LogP contribution in [0.2, 0.25) is 0 Å². The zero-order chi connectivity index (χ0) is 13.3. The molecule has 0 aliphatic heterocycles. The molecule has 3 heteroatoms. The zero-order valence-corrected chi connectivity index (χ0v) is 15.7. The summed E-state index contributed by atoms with van der Waals surface area (Å²) in [6, 6.07) is 0.781. The summed E-state index contributed by atoms with van der Waals surface area (Å²) in [6.45, 7) is 14.5. The van der Waals surface area contributed by atoms with E-state index in [1.165, 1.54) is 32.1 Å². The van der Waals surface area contributed by atoms with Crippen molar-refractivity contribution in [3.05, 3.63) is 0 Å². The van der Waals surface area contributed by atoms with Gasteiger partial charge in [-0.05, 0) is 0 Å². The molecule has 1 fully saturated rings. The van der Waals surface area contributed by atoms with Gasteiger partial charge >= 0.3 is 121 Å². The van der Waals surface area contributed by atoms with Gasteiger partial charge in [-0.3, -0.25) is 0 Å². The third-order valence-electron chi connectivity index (χ3n) is 3.86. The minimum atomic E-state index is -1.15. The van der Waals surface area contributed by atoms with Crippen molar-refractivity contribution in [2.75, 3.05) is 0 Å². The van der Waals surface area contributed by atoms with Gasteiger partial charge in [-0.2, -0.15) is 0 Å². The molecule has 0 saturated heterocycles. The molecule has 0 atom stereocenters. The topological polar surface area (TPSA) is 12.0 Å². The van der Waals surface area contributed by atoms with Crippen LogP contribution in [-0.4, -0.2) is 37.6 Å². The van der Waals surface area contributed by atoms with Crippen molar-refractivity contribution < 1.29 is 0 Å². The zero-order valence-electron chi connectivity index (χ0n) is 12.5. The third-order valence-corrected chi connectivity index (χ3v) is 18.6. The predicted molar refractivity (Wildman–Crippen MR) is 82.2 cm³/mol. The summed E-state index contributed by atoms with van der Waals surface area (Å²) in [4.78, 5) is 0. The molecule has 0 radical (unpaired) electrons. The van der Waals surface area contributed by atoms with Gasteiger partial charge in [-0.15, -0.1) is 0 Å². The van der Waals surface area contributed by atoms with Gasteiger partial charge in [0.2, 0.25) is 0 Å². The Hall–Kier alpha value is 1.18. The Balaban J connectivity index is 2.89. The number of hydrogen-bond acceptors (Lipinski definition) is 1. The molecule has 1 rings (SSSR count). The first-order valence-electron chi connectivity index (χ1n) is 6.96. The Kier molecular flexibility index (Phi) is 5.41. The average molecular weight is 371 g/mol. The molecule has 1 aliphatic carbocycles. The van der Waals surface area contributed by atoms with Crippen molar-refractivity contribution >= 4 is 25.9 Å². The molecule has 1 aliphatic rings. The molecule has 1 saturated carbocycles. The molecule has 17 heavy (non-hydrogen) atoms. The molecule has 102 valence electrons. The maximum atomic E-state index is 4.13. The van der Waals surface area contributed by atoms with E-state index in [1.54, 1.807) is 0 Å². The van der Waals surface area contributed by atoms with Crippen LogP contribution >= 0.6 is 4.64 Å². The van der Waals surface area contributed by atoms with Crippen LogP contribution < -0.4 is 5.09 Å². The minimum absolute atomic E-state index is 0.396. The molecule has 0 spiro atoms. The monoisotopic (exact) mass is 373 g/mol. The fraction of sp³-hybridized carbons (Fsp3) is 1.00. The van der Waals surface area contributed by atoms with Crippen molar-refractivity contribution in [1.82, 2.24) is 5.09 Å². The van der Waals surface area contributed by atoms with E-state index in [4.69, 9.17) is 0 Å². The SMILES string of the molecule is CC(C)(C)P(=[Te])(NC1CCCCC1)C(C)(C)C. The molecule has 0 aromatic rings. The van der Waals surface area contributed by atoms with E-state index < -0.39 is 4.64 Å². The van der Waals surface area contributed by atoms with E-state index in [9.17, 15) is 0 Å². The van der Waals surface area contributed by atoms with E-state index in [2.05, 4.69) is 67.9 Å². The van der Waals surface area contributed by atoms with Gasteiger partial charge < -0.3 is 0 Å². The number of rotatable bonds is 2. The molecule has 0 amide bonds. The third kappa shape index (κ3) is 3.82. The van der Waals surface area contributed by atoms with Gasteiger partial charge in [0, 0.05) is 0 Å². The van der Waals surface area contributed by atoms with E-state index in [0.29, 0.717) is 10.3 Å². The Bertz CT molecular complexity index is 274. The first kappa shape index (κ1) is 16.2. The second kappa shape index (κ2) is 5.66. The number of nitrogens with one attached hydrogen (secondary N) is 1. The Morgan fingerprint density at radius 2 is 1.29 bits per heavy atom. The quantitative estimate of drug-likeness (QED) is 0.556. The van der Waals surface area contributed by atoms with Gasteiger partial charge in [-0.1, -0.05) is 0 Å². The van der Waals surface area contributed by atoms with E-state index >= 15 is 0 Å². The summed E-state index contributed by atoms with van der Waals surface area (Å²) in [5, 5.41) is 4.92. The van der Waals surface area contributed by atoms with E-state index in [0.717, 1.165) is 6.04 Å². The van der Waals surface area contributed by atoms with Crippen molar-refractivity contribution in [2.45, 2.75) is 90.0 Å². The molecule has 0 aromatic heterocycles. The fourth-order valence-corrected chi connectivity index (χ4v) is 7.72. The predicted octanol–water partition coefficient (Wildman–Crippen LogP) is 4.52. The maximum absolute atomic E-state index is 4.13. The summed E-state index contributed by atoms with van der Waals surface area (Å²) in [6.07, 6.45) is 7.08. The van der Waals surface area contributed by atoms with Crippen LogP contribution in [0.25, 0.3) is 0 Å². The average Bonchev–Trinajstić information content (AvgIpc) is 2.15.